The third-order valence-corrected chi connectivity index (χ3v) is 3.07. The Bertz CT molecular complexity index is 786. The van der Waals surface area contributed by atoms with Gasteiger partial charge in [0.1, 0.15) is 17.2 Å². The Hall–Kier alpha value is -2.74. The molecule has 0 spiro atoms. The number of primary amides is 2. The summed E-state index contributed by atoms with van der Waals surface area (Å²) in [6.07, 6.45) is 1.38. The predicted octanol–water partition coefficient (Wildman–Crippen LogP) is 3.24. The van der Waals surface area contributed by atoms with Crippen molar-refractivity contribution in [3.63, 3.8) is 0 Å². The molecule has 1 aromatic carbocycles. The fourth-order valence-corrected chi connectivity index (χ4v) is 1.78. The van der Waals surface area contributed by atoms with E-state index in [0.29, 0.717) is 5.02 Å². The maximum atomic E-state index is 13.0. The van der Waals surface area contributed by atoms with E-state index < -0.39 is 23.4 Å². The molecular weight excluding hydrogens is 368 g/mol. The molecule has 0 bridgehead atoms. The molecule has 0 aliphatic heterocycles. The van der Waals surface area contributed by atoms with Crippen molar-refractivity contribution in [3.8, 4) is 5.88 Å². The zero-order valence-electron chi connectivity index (χ0n) is 14.8. The van der Waals surface area contributed by atoms with Crippen LogP contribution in [0.25, 0.3) is 0 Å². The molecule has 2 rings (SSSR count). The van der Waals surface area contributed by atoms with Gasteiger partial charge in [-0.05, 0) is 25.1 Å². The van der Waals surface area contributed by atoms with E-state index in [1.165, 1.54) is 26.3 Å². The fourth-order valence-electron chi connectivity index (χ4n) is 1.62. The van der Waals surface area contributed by atoms with E-state index in [2.05, 4.69) is 4.98 Å². The number of ether oxygens (including phenoxy) is 1. The second-order valence-corrected chi connectivity index (χ2v) is 4.91. The summed E-state index contributed by atoms with van der Waals surface area (Å²) in [4.78, 5) is 25.1. The maximum Gasteiger partial charge on any atom is 0.254 e. The Kier molecular flexibility index (Phi) is 9.83. The molecule has 9 heteroatoms. The van der Waals surface area contributed by atoms with Crippen LogP contribution in [0.5, 0.6) is 5.88 Å². The lowest BCUT2D eigenvalue weighted by atomic mass is 10.1. The first kappa shape index (κ1) is 23.3. The number of benzene rings is 1. The quantitative estimate of drug-likeness (QED) is 0.842. The summed E-state index contributed by atoms with van der Waals surface area (Å²) >= 11 is 5.59. The van der Waals surface area contributed by atoms with Gasteiger partial charge in [0.2, 0.25) is 5.88 Å². The number of methoxy groups -OCH3 is 1. The van der Waals surface area contributed by atoms with Gasteiger partial charge in [0.25, 0.3) is 11.8 Å². The number of amides is 2. The predicted molar refractivity (Wildman–Crippen MR) is 95.3 cm³/mol. The van der Waals surface area contributed by atoms with Crippen LogP contribution >= 0.6 is 11.6 Å². The minimum absolute atomic E-state index is 0.185. The normalized spacial score (nSPS) is 9.19. The van der Waals surface area contributed by atoms with Gasteiger partial charge in [-0.25, -0.2) is 13.8 Å². The Morgan fingerprint density at radius 2 is 1.65 bits per heavy atom. The van der Waals surface area contributed by atoms with E-state index in [4.69, 9.17) is 27.8 Å². The highest BCUT2D eigenvalue weighted by Crippen LogP contribution is 2.18. The average molecular weight is 388 g/mol. The van der Waals surface area contributed by atoms with Gasteiger partial charge in [0, 0.05) is 11.8 Å². The Morgan fingerprint density at radius 3 is 2.12 bits per heavy atom. The van der Waals surface area contributed by atoms with Gasteiger partial charge >= 0.3 is 0 Å². The monoisotopic (exact) mass is 387 g/mol. The molecule has 0 atom stereocenters. The molecule has 0 saturated carbocycles. The van der Waals surface area contributed by atoms with E-state index in [9.17, 15) is 18.4 Å². The van der Waals surface area contributed by atoms with Crippen LogP contribution in [0.15, 0.2) is 24.4 Å². The molecule has 142 valence electrons. The van der Waals surface area contributed by atoms with Gasteiger partial charge in [-0.1, -0.05) is 25.4 Å². The van der Waals surface area contributed by atoms with Gasteiger partial charge in [0.05, 0.1) is 17.7 Å². The number of pyridine rings is 1. The highest BCUT2D eigenvalue weighted by molar-refractivity contribution is 6.30. The Labute approximate surface area is 155 Å². The van der Waals surface area contributed by atoms with Crippen molar-refractivity contribution in [1.29, 1.82) is 0 Å². The molecule has 26 heavy (non-hydrogen) atoms. The zero-order valence-corrected chi connectivity index (χ0v) is 15.5. The molecule has 0 fully saturated rings. The van der Waals surface area contributed by atoms with Gasteiger partial charge in [-0.15, -0.1) is 0 Å². The Balaban J connectivity index is 0.000000439. The number of rotatable bonds is 3. The van der Waals surface area contributed by atoms with E-state index in [1.54, 1.807) is 0 Å². The number of nitrogens with two attached hydrogens (primary N) is 2. The van der Waals surface area contributed by atoms with E-state index in [0.717, 1.165) is 12.1 Å². The fraction of sp³-hybridized carbons (Fsp3) is 0.235. The minimum atomic E-state index is -0.893. The second-order valence-electron chi connectivity index (χ2n) is 4.47. The standard InChI is InChI=1S/C8H7F2NO.C7H7ClN2O2.C2H6/c1-4-6(9)3-2-5(7(4)10)8(11)12;1-12-7-5(6(9)11)2-4(8)3-10-7;1-2/h2-3H,1H3,(H2,11,12);2-3H,1H3,(H2,9,11);1-2H3. The summed E-state index contributed by atoms with van der Waals surface area (Å²) in [6.45, 7) is 5.25. The number of nitrogens with zero attached hydrogens (tertiary/aromatic N) is 1. The lowest BCUT2D eigenvalue weighted by Gasteiger charge is -2.02. The number of hydrogen-bond donors (Lipinski definition) is 2. The molecule has 0 unspecified atom stereocenters. The number of aromatic nitrogens is 1. The summed E-state index contributed by atoms with van der Waals surface area (Å²) in [6, 6.07) is 3.45. The number of carbonyl (C=O) groups excluding carboxylic acids is 2. The van der Waals surface area contributed by atoms with Gasteiger partial charge in [-0.3, -0.25) is 9.59 Å². The van der Waals surface area contributed by atoms with Crippen LogP contribution < -0.4 is 16.2 Å². The van der Waals surface area contributed by atoms with E-state index in [1.807, 2.05) is 13.8 Å². The van der Waals surface area contributed by atoms with Crippen LogP contribution in [-0.2, 0) is 0 Å². The summed E-state index contributed by atoms with van der Waals surface area (Å²) < 4.78 is 30.4. The van der Waals surface area contributed by atoms with Crippen LogP contribution in [0.3, 0.4) is 0 Å². The molecular formula is C17H20ClF2N3O3. The summed E-state index contributed by atoms with van der Waals surface area (Å²) in [5.74, 6) is -2.88. The van der Waals surface area contributed by atoms with Crippen LogP contribution in [0.2, 0.25) is 5.02 Å². The van der Waals surface area contributed by atoms with Crippen LogP contribution in [0.1, 0.15) is 40.1 Å². The average Bonchev–Trinajstić information content (AvgIpc) is 2.61. The molecule has 1 heterocycles. The Morgan fingerprint density at radius 1 is 1.12 bits per heavy atom. The molecule has 0 aliphatic carbocycles. The lowest BCUT2D eigenvalue weighted by molar-refractivity contribution is 0.0987. The first-order valence-electron chi connectivity index (χ1n) is 7.42. The maximum absolute atomic E-state index is 13.0. The third-order valence-electron chi connectivity index (χ3n) is 2.86. The zero-order chi connectivity index (χ0) is 20.4. The van der Waals surface area contributed by atoms with Crippen molar-refractivity contribution in [1.82, 2.24) is 4.98 Å². The van der Waals surface area contributed by atoms with Crippen LogP contribution in [0.4, 0.5) is 8.78 Å². The topological polar surface area (TPSA) is 108 Å². The van der Waals surface area contributed by atoms with Gasteiger partial charge < -0.3 is 16.2 Å². The highest BCUT2D eigenvalue weighted by Gasteiger charge is 2.13. The molecule has 2 amide bonds. The highest BCUT2D eigenvalue weighted by atomic mass is 35.5. The SMILES string of the molecule is CC.COc1ncc(Cl)cc1C(N)=O.Cc1c(F)ccc(C(N)=O)c1F. The summed E-state index contributed by atoms with van der Waals surface area (Å²) in [7, 11) is 1.41. The van der Waals surface area contributed by atoms with E-state index >= 15 is 0 Å². The molecule has 2 aromatic rings. The first-order valence-corrected chi connectivity index (χ1v) is 7.80. The molecule has 4 N–H and O–H groups in total. The van der Waals surface area contributed by atoms with Crippen molar-refractivity contribution in [2.24, 2.45) is 11.5 Å². The number of hydrogen-bond acceptors (Lipinski definition) is 4. The van der Waals surface area contributed by atoms with Crippen molar-refractivity contribution >= 4 is 23.4 Å². The first-order chi connectivity index (χ1) is 12.2. The third kappa shape index (κ3) is 6.29. The summed E-state index contributed by atoms with van der Waals surface area (Å²) in [5.41, 5.74) is 9.59. The molecule has 6 nitrogen and oxygen atoms in total. The summed E-state index contributed by atoms with van der Waals surface area (Å²) in [5, 5.41) is 0.351. The van der Waals surface area contributed by atoms with Crippen LogP contribution in [0, 0.1) is 18.6 Å². The molecule has 1 aromatic heterocycles. The van der Waals surface area contributed by atoms with Gasteiger partial charge in [-0.2, -0.15) is 0 Å². The van der Waals surface area contributed by atoms with Crippen LogP contribution in [-0.4, -0.2) is 23.9 Å². The van der Waals surface area contributed by atoms with Crippen molar-refractivity contribution < 1.29 is 23.1 Å². The van der Waals surface area contributed by atoms with Crippen molar-refractivity contribution in [2.75, 3.05) is 7.11 Å². The van der Waals surface area contributed by atoms with Gasteiger partial charge in [0.15, 0.2) is 0 Å². The largest absolute Gasteiger partial charge is 0.480 e. The molecule has 0 aliphatic rings. The lowest BCUT2D eigenvalue weighted by Crippen LogP contribution is -2.14. The molecule has 0 radical (unpaired) electrons. The minimum Gasteiger partial charge on any atom is -0.480 e. The van der Waals surface area contributed by atoms with E-state index in [-0.39, 0.29) is 22.6 Å². The second kappa shape index (κ2) is 11.0. The van der Waals surface area contributed by atoms with Crippen molar-refractivity contribution in [3.05, 3.63) is 57.7 Å². The smallest absolute Gasteiger partial charge is 0.254 e. The number of halogens is 3. The number of carbonyl (C=O) groups is 2. The molecule has 0 saturated heterocycles. The van der Waals surface area contributed by atoms with Crippen molar-refractivity contribution in [2.45, 2.75) is 20.8 Å².